The topological polar surface area (TPSA) is 15.3 Å². The summed E-state index contributed by atoms with van der Waals surface area (Å²) in [4.78, 5) is 5.87. The Bertz CT molecular complexity index is 391. The number of aryl methyl sites for hydroxylation is 1. The highest BCUT2D eigenvalue weighted by molar-refractivity contribution is 7.11. The van der Waals surface area contributed by atoms with Crippen molar-refractivity contribution in [2.24, 2.45) is 5.92 Å². The predicted molar refractivity (Wildman–Crippen MR) is 82.7 cm³/mol. The summed E-state index contributed by atoms with van der Waals surface area (Å²) < 4.78 is 0. The second-order valence-corrected chi connectivity index (χ2v) is 7.33. The first-order chi connectivity index (χ1) is 9.35. The van der Waals surface area contributed by atoms with Crippen molar-refractivity contribution in [1.29, 1.82) is 0 Å². The van der Waals surface area contributed by atoms with Crippen LogP contribution in [0.3, 0.4) is 0 Å². The van der Waals surface area contributed by atoms with Crippen molar-refractivity contribution in [2.45, 2.75) is 51.6 Å². The first-order valence-electron chi connectivity index (χ1n) is 7.87. The van der Waals surface area contributed by atoms with E-state index in [0.717, 1.165) is 12.0 Å². The number of rotatable bonds is 6. The number of hydrogen-bond acceptors (Lipinski definition) is 3. The van der Waals surface area contributed by atoms with Gasteiger partial charge in [0.05, 0.1) is 0 Å². The molecular formula is C16H26N2S. The number of thiophene rings is 1. The van der Waals surface area contributed by atoms with Gasteiger partial charge in [-0.3, -0.25) is 4.90 Å². The van der Waals surface area contributed by atoms with Gasteiger partial charge in [0.2, 0.25) is 0 Å². The normalized spacial score (nSPS) is 21.2. The average molecular weight is 278 g/mol. The Labute approximate surface area is 121 Å². The molecule has 1 aliphatic carbocycles. The number of nitrogens with one attached hydrogen (secondary N) is 1. The number of piperidine rings is 1. The van der Waals surface area contributed by atoms with Gasteiger partial charge in [-0.1, -0.05) is 6.92 Å². The van der Waals surface area contributed by atoms with Crippen LogP contribution >= 0.6 is 11.3 Å². The van der Waals surface area contributed by atoms with E-state index in [1.54, 1.807) is 4.88 Å². The zero-order chi connectivity index (χ0) is 13.1. The number of hydrogen-bond donors (Lipinski definition) is 1. The summed E-state index contributed by atoms with van der Waals surface area (Å²) in [6, 6.07) is 5.55. The molecular weight excluding hydrogens is 252 g/mol. The summed E-state index contributed by atoms with van der Waals surface area (Å²) in [7, 11) is 0. The Kier molecular flexibility index (Phi) is 4.57. The van der Waals surface area contributed by atoms with Gasteiger partial charge < -0.3 is 5.32 Å². The molecule has 2 aliphatic rings. The quantitative estimate of drug-likeness (QED) is 0.859. The van der Waals surface area contributed by atoms with Crippen molar-refractivity contribution in [1.82, 2.24) is 10.2 Å². The zero-order valence-electron chi connectivity index (χ0n) is 12.0. The van der Waals surface area contributed by atoms with Gasteiger partial charge in [-0.05, 0) is 63.2 Å². The monoisotopic (exact) mass is 278 g/mol. The minimum atomic E-state index is 0.891. The maximum atomic E-state index is 3.48. The molecule has 1 aromatic heterocycles. The Hall–Kier alpha value is -0.380. The summed E-state index contributed by atoms with van der Waals surface area (Å²) >= 11 is 2.01. The van der Waals surface area contributed by atoms with E-state index in [2.05, 4.69) is 29.3 Å². The maximum Gasteiger partial charge on any atom is 0.0331 e. The van der Waals surface area contributed by atoms with Crippen LogP contribution in [0.15, 0.2) is 12.1 Å². The molecule has 1 saturated carbocycles. The fourth-order valence-electron chi connectivity index (χ4n) is 3.08. The molecule has 0 aromatic carbocycles. The predicted octanol–water partition coefficient (Wildman–Crippen LogP) is 3.27. The van der Waals surface area contributed by atoms with E-state index in [4.69, 9.17) is 0 Å². The molecule has 0 unspecified atom stereocenters. The smallest absolute Gasteiger partial charge is 0.0331 e. The van der Waals surface area contributed by atoms with Gasteiger partial charge in [0.1, 0.15) is 0 Å². The van der Waals surface area contributed by atoms with E-state index in [0.29, 0.717) is 0 Å². The fraction of sp³-hybridized carbons (Fsp3) is 0.750. The van der Waals surface area contributed by atoms with Crippen molar-refractivity contribution >= 4 is 11.3 Å². The van der Waals surface area contributed by atoms with Gasteiger partial charge in [-0.15, -0.1) is 11.3 Å². The zero-order valence-corrected chi connectivity index (χ0v) is 12.8. The van der Waals surface area contributed by atoms with Crippen LogP contribution < -0.4 is 5.32 Å². The Balaban J connectivity index is 1.57. The largest absolute Gasteiger partial charge is 0.317 e. The highest BCUT2D eigenvalue weighted by Crippen LogP contribution is 2.31. The third kappa shape index (κ3) is 3.80. The molecule has 2 nitrogen and oxygen atoms in total. The maximum absolute atomic E-state index is 3.48. The van der Waals surface area contributed by atoms with Gasteiger partial charge in [-0.25, -0.2) is 0 Å². The van der Waals surface area contributed by atoms with Crippen molar-refractivity contribution in [3.05, 3.63) is 21.9 Å². The number of nitrogens with zero attached hydrogens (tertiary/aromatic N) is 1. The molecule has 3 heteroatoms. The molecule has 106 valence electrons. The van der Waals surface area contributed by atoms with Crippen LogP contribution in [0.25, 0.3) is 0 Å². The molecule has 0 amide bonds. The van der Waals surface area contributed by atoms with Crippen LogP contribution in [0.1, 0.15) is 42.4 Å². The second kappa shape index (κ2) is 6.38. The lowest BCUT2D eigenvalue weighted by atomic mass is 9.97. The minimum Gasteiger partial charge on any atom is -0.317 e. The molecule has 2 heterocycles. The Morgan fingerprint density at radius 3 is 2.53 bits per heavy atom. The Morgan fingerprint density at radius 2 is 1.89 bits per heavy atom. The van der Waals surface area contributed by atoms with Crippen molar-refractivity contribution < 1.29 is 0 Å². The van der Waals surface area contributed by atoms with Crippen LogP contribution in [-0.4, -0.2) is 30.6 Å². The molecule has 2 fully saturated rings. The molecule has 1 saturated heterocycles. The molecule has 1 aromatic rings. The van der Waals surface area contributed by atoms with Gasteiger partial charge in [0, 0.05) is 28.9 Å². The first kappa shape index (κ1) is 13.6. The summed E-state index contributed by atoms with van der Waals surface area (Å²) in [5, 5.41) is 3.48. The van der Waals surface area contributed by atoms with E-state index in [9.17, 15) is 0 Å². The van der Waals surface area contributed by atoms with Gasteiger partial charge in [0.15, 0.2) is 0 Å². The molecule has 1 N–H and O–H groups in total. The fourth-order valence-corrected chi connectivity index (χ4v) is 4.06. The summed E-state index contributed by atoms with van der Waals surface area (Å²) in [6.45, 7) is 7.22. The molecule has 1 aliphatic heterocycles. The van der Waals surface area contributed by atoms with Gasteiger partial charge in [0.25, 0.3) is 0 Å². The van der Waals surface area contributed by atoms with Crippen LogP contribution in [0.2, 0.25) is 0 Å². The van der Waals surface area contributed by atoms with Gasteiger partial charge >= 0.3 is 0 Å². The van der Waals surface area contributed by atoms with Gasteiger partial charge in [-0.2, -0.15) is 0 Å². The molecule has 3 rings (SSSR count). The first-order valence-corrected chi connectivity index (χ1v) is 8.69. The highest BCUT2D eigenvalue weighted by atomic mass is 32.1. The minimum absolute atomic E-state index is 0.891. The molecule has 0 atom stereocenters. The van der Waals surface area contributed by atoms with Crippen LogP contribution in [0.5, 0.6) is 0 Å². The standard InChI is InChI=1S/C16H26N2S/c1-2-15-5-6-16(19-15)12-18(14-3-4-14)11-13-7-9-17-10-8-13/h5-6,13-14,17H,2-4,7-12H2,1H3. The highest BCUT2D eigenvalue weighted by Gasteiger charge is 2.31. The molecule has 0 radical (unpaired) electrons. The Morgan fingerprint density at radius 1 is 1.16 bits per heavy atom. The van der Waals surface area contributed by atoms with Crippen molar-refractivity contribution in [3.63, 3.8) is 0 Å². The summed E-state index contributed by atoms with van der Waals surface area (Å²) in [5.41, 5.74) is 0. The third-order valence-corrected chi connectivity index (χ3v) is 5.65. The third-order valence-electron chi connectivity index (χ3n) is 4.44. The lowest BCUT2D eigenvalue weighted by molar-refractivity contribution is 0.191. The van der Waals surface area contributed by atoms with E-state index < -0.39 is 0 Å². The average Bonchev–Trinajstić information content (AvgIpc) is 3.20. The van der Waals surface area contributed by atoms with E-state index >= 15 is 0 Å². The van der Waals surface area contributed by atoms with E-state index in [1.165, 1.54) is 63.2 Å². The lowest BCUT2D eigenvalue weighted by Crippen LogP contribution is -2.36. The summed E-state index contributed by atoms with van der Waals surface area (Å²) in [6.07, 6.45) is 6.78. The molecule has 0 bridgehead atoms. The van der Waals surface area contributed by atoms with E-state index in [1.807, 2.05) is 11.3 Å². The summed E-state index contributed by atoms with van der Waals surface area (Å²) in [5.74, 6) is 0.924. The van der Waals surface area contributed by atoms with Crippen molar-refractivity contribution in [3.8, 4) is 0 Å². The van der Waals surface area contributed by atoms with Crippen LogP contribution in [0, 0.1) is 5.92 Å². The lowest BCUT2D eigenvalue weighted by Gasteiger charge is -2.29. The van der Waals surface area contributed by atoms with Crippen LogP contribution in [-0.2, 0) is 13.0 Å². The second-order valence-electron chi connectivity index (χ2n) is 6.08. The molecule has 19 heavy (non-hydrogen) atoms. The van der Waals surface area contributed by atoms with Crippen LogP contribution in [0.4, 0.5) is 0 Å². The van der Waals surface area contributed by atoms with E-state index in [-0.39, 0.29) is 0 Å². The van der Waals surface area contributed by atoms with Crippen molar-refractivity contribution in [2.75, 3.05) is 19.6 Å². The SMILES string of the molecule is CCc1ccc(CN(CC2CCNCC2)C2CC2)s1. The molecule has 0 spiro atoms.